The van der Waals surface area contributed by atoms with Gasteiger partial charge < -0.3 is 9.84 Å². The van der Waals surface area contributed by atoms with Gasteiger partial charge in [-0.1, -0.05) is 12.1 Å². The zero-order chi connectivity index (χ0) is 14.8. The van der Waals surface area contributed by atoms with Crippen LogP contribution in [-0.4, -0.2) is 16.1 Å². The van der Waals surface area contributed by atoms with E-state index in [0.717, 1.165) is 10.9 Å². The molecule has 2 aromatic carbocycles. The molecule has 0 atom stereocenters. The summed E-state index contributed by atoms with van der Waals surface area (Å²) in [6.07, 6.45) is 1.70. The summed E-state index contributed by atoms with van der Waals surface area (Å²) in [5.41, 5.74) is 0.889. The predicted molar refractivity (Wildman–Crippen MR) is 82.9 cm³/mol. The Bertz CT molecular complexity index is 827. The SMILES string of the molecule is O=C(O)c1c(Br)cccc1Oc1cccc2ncccc12. The van der Waals surface area contributed by atoms with Crippen molar-refractivity contribution in [3.63, 3.8) is 0 Å². The van der Waals surface area contributed by atoms with Crippen LogP contribution in [-0.2, 0) is 0 Å². The van der Waals surface area contributed by atoms with Gasteiger partial charge in [0.15, 0.2) is 0 Å². The second kappa shape index (κ2) is 5.54. The molecular weight excluding hydrogens is 334 g/mol. The van der Waals surface area contributed by atoms with Gasteiger partial charge in [-0.25, -0.2) is 4.79 Å². The molecule has 104 valence electrons. The summed E-state index contributed by atoms with van der Waals surface area (Å²) in [5.74, 6) is -0.190. The summed E-state index contributed by atoms with van der Waals surface area (Å²) in [7, 11) is 0. The third kappa shape index (κ3) is 2.60. The molecule has 1 heterocycles. The molecule has 0 aliphatic carbocycles. The lowest BCUT2D eigenvalue weighted by atomic mass is 10.2. The Balaban J connectivity index is 2.12. The molecule has 5 heteroatoms. The molecule has 0 spiro atoms. The van der Waals surface area contributed by atoms with Crippen molar-refractivity contribution < 1.29 is 14.6 Å². The van der Waals surface area contributed by atoms with E-state index in [2.05, 4.69) is 20.9 Å². The Kier molecular flexibility index (Phi) is 3.58. The molecule has 0 saturated heterocycles. The predicted octanol–water partition coefficient (Wildman–Crippen LogP) is 4.49. The normalized spacial score (nSPS) is 10.5. The van der Waals surface area contributed by atoms with Gasteiger partial charge in [0, 0.05) is 16.1 Å². The van der Waals surface area contributed by atoms with Crippen LogP contribution in [0.4, 0.5) is 0 Å². The second-order valence-corrected chi connectivity index (χ2v) is 5.20. The van der Waals surface area contributed by atoms with E-state index in [4.69, 9.17) is 4.74 Å². The summed E-state index contributed by atoms with van der Waals surface area (Å²) >= 11 is 3.24. The Morgan fingerprint density at radius 2 is 1.81 bits per heavy atom. The second-order valence-electron chi connectivity index (χ2n) is 4.35. The van der Waals surface area contributed by atoms with Gasteiger partial charge in [-0.2, -0.15) is 0 Å². The highest BCUT2D eigenvalue weighted by molar-refractivity contribution is 9.10. The largest absolute Gasteiger partial charge is 0.478 e. The van der Waals surface area contributed by atoms with Crippen LogP contribution in [0.25, 0.3) is 10.9 Å². The molecular formula is C16H10BrNO3. The number of nitrogens with zero attached hydrogens (tertiary/aromatic N) is 1. The molecule has 4 nitrogen and oxygen atoms in total. The van der Waals surface area contributed by atoms with Crippen LogP contribution < -0.4 is 4.74 Å². The van der Waals surface area contributed by atoms with Gasteiger partial charge in [-0.3, -0.25) is 4.98 Å². The number of pyridine rings is 1. The van der Waals surface area contributed by atoms with Crippen molar-refractivity contribution in [1.29, 1.82) is 0 Å². The van der Waals surface area contributed by atoms with E-state index in [-0.39, 0.29) is 11.3 Å². The van der Waals surface area contributed by atoms with Crippen LogP contribution in [0, 0.1) is 0 Å². The smallest absolute Gasteiger partial charge is 0.340 e. The highest BCUT2D eigenvalue weighted by atomic mass is 79.9. The molecule has 1 aromatic heterocycles. The van der Waals surface area contributed by atoms with Gasteiger partial charge in [0.25, 0.3) is 0 Å². The van der Waals surface area contributed by atoms with Crippen molar-refractivity contribution in [3.05, 3.63) is 64.8 Å². The van der Waals surface area contributed by atoms with E-state index in [1.165, 1.54) is 0 Å². The summed E-state index contributed by atoms with van der Waals surface area (Å²) < 4.78 is 6.29. The molecule has 0 fully saturated rings. The summed E-state index contributed by atoms with van der Waals surface area (Å²) in [4.78, 5) is 15.6. The fourth-order valence-corrected chi connectivity index (χ4v) is 2.60. The lowest BCUT2D eigenvalue weighted by Crippen LogP contribution is -2.01. The van der Waals surface area contributed by atoms with Crippen LogP contribution >= 0.6 is 15.9 Å². The maximum Gasteiger partial charge on any atom is 0.340 e. The fraction of sp³-hybridized carbons (Fsp3) is 0. The first-order valence-corrected chi connectivity index (χ1v) is 6.99. The molecule has 0 amide bonds. The molecule has 3 aromatic rings. The highest BCUT2D eigenvalue weighted by Crippen LogP contribution is 2.33. The van der Waals surface area contributed by atoms with E-state index in [9.17, 15) is 9.90 Å². The molecule has 0 bridgehead atoms. The maximum absolute atomic E-state index is 11.4. The minimum absolute atomic E-state index is 0.0957. The van der Waals surface area contributed by atoms with E-state index >= 15 is 0 Å². The minimum Gasteiger partial charge on any atom is -0.478 e. The number of carboxylic acid groups (broad SMARTS) is 1. The minimum atomic E-state index is -1.05. The number of carboxylic acids is 1. The summed E-state index contributed by atoms with van der Waals surface area (Å²) in [6.45, 7) is 0. The highest BCUT2D eigenvalue weighted by Gasteiger charge is 2.16. The third-order valence-electron chi connectivity index (χ3n) is 3.01. The Labute approximate surface area is 129 Å². The number of benzene rings is 2. The van der Waals surface area contributed by atoms with Gasteiger partial charge in [-0.15, -0.1) is 0 Å². The topological polar surface area (TPSA) is 59.4 Å². The molecule has 0 unspecified atom stereocenters. The maximum atomic E-state index is 11.4. The van der Waals surface area contributed by atoms with Crippen LogP contribution in [0.2, 0.25) is 0 Å². The number of carbonyl (C=O) groups is 1. The fourth-order valence-electron chi connectivity index (χ4n) is 2.08. The molecule has 0 aliphatic rings. The zero-order valence-electron chi connectivity index (χ0n) is 10.8. The first kappa shape index (κ1) is 13.6. The number of aromatic carboxylic acids is 1. The average Bonchev–Trinajstić information content (AvgIpc) is 2.47. The molecule has 0 saturated carbocycles. The molecule has 21 heavy (non-hydrogen) atoms. The number of halogens is 1. The molecule has 0 radical (unpaired) electrons. The Hall–Kier alpha value is -2.40. The van der Waals surface area contributed by atoms with Crippen LogP contribution in [0.15, 0.2) is 59.2 Å². The quantitative estimate of drug-likeness (QED) is 0.761. The monoisotopic (exact) mass is 343 g/mol. The van der Waals surface area contributed by atoms with Crippen molar-refractivity contribution in [2.45, 2.75) is 0 Å². The Morgan fingerprint density at radius 1 is 1.05 bits per heavy atom. The van der Waals surface area contributed by atoms with E-state index in [1.54, 1.807) is 30.5 Å². The number of hydrogen-bond donors (Lipinski definition) is 1. The van der Waals surface area contributed by atoms with Crippen LogP contribution in [0.3, 0.4) is 0 Å². The molecule has 1 N–H and O–H groups in total. The van der Waals surface area contributed by atoms with Gasteiger partial charge >= 0.3 is 5.97 Å². The van der Waals surface area contributed by atoms with E-state index < -0.39 is 5.97 Å². The lowest BCUT2D eigenvalue weighted by molar-refractivity contribution is 0.0693. The third-order valence-corrected chi connectivity index (χ3v) is 3.68. The van der Waals surface area contributed by atoms with Gasteiger partial charge in [0.2, 0.25) is 0 Å². The number of hydrogen-bond acceptors (Lipinski definition) is 3. The molecule has 3 rings (SSSR count). The first-order chi connectivity index (χ1) is 10.2. The van der Waals surface area contributed by atoms with Crippen LogP contribution in [0.1, 0.15) is 10.4 Å². The summed E-state index contributed by atoms with van der Waals surface area (Å²) in [5, 5.41) is 10.1. The van der Waals surface area contributed by atoms with Gasteiger partial charge in [-0.05, 0) is 52.3 Å². The number of fused-ring (bicyclic) bond motifs is 1. The van der Waals surface area contributed by atoms with Crippen molar-refractivity contribution >= 4 is 32.8 Å². The van der Waals surface area contributed by atoms with Crippen molar-refractivity contribution in [3.8, 4) is 11.5 Å². The Morgan fingerprint density at radius 3 is 2.62 bits per heavy atom. The number of aromatic nitrogens is 1. The number of rotatable bonds is 3. The van der Waals surface area contributed by atoms with Gasteiger partial charge in [0.05, 0.1) is 5.52 Å². The van der Waals surface area contributed by atoms with Crippen molar-refractivity contribution in [1.82, 2.24) is 4.98 Å². The lowest BCUT2D eigenvalue weighted by Gasteiger charge is -2.11. The van der Waals surface area contributed by atoms with Crippen molar-refractivity contribution in [2.75, 3.05) is 0 Å². The van der Waals surface area contributed by atoms with Gasteiger partial charge in [0.1, 0.15) is 17.1 Å². The average molecular weight is 344 g/mol. The van der Waals surface area contributed by atoms with E-state index in [1.807, 2.05) is 24.3 Å². The molecule has 0 aliphatic heterocycles. The zero-order valence-corrected chi connectivity index (χ0v) is 12.4. The van der Waals surface area contributed by atoms with Crippen molar-refractivity contribution in [2.24, 2.45) is 0 Å². The van der Waals surface area contributed by atoms with Crippen LogP contribution in [0.5, 0.6) is 11.5 Å². The summed E-state index contributed by atoms with van der Waals surface area (Å²) in [6, 6.07) is 14.2. The standard InChI is InChI=1S/C16H10BrNO3/c17-11-5-1-8-14(15(11)16(19)20)21-13-7-2-6-12-10(13)4-3-9-18-12/h1-9H,(H,19,20). The van der Waals surface area contributed by atoms with E-state index in [0.29, 0.717) is 10.2 Å². The number of ether oxygens (including phenoxy) is 1. The first-order valence-electron chi connectivity index (χ1n) is 6.20.